The minimum Gasteiger partial charge on any atom is -0.493 e. The van der Waals surface area contributed by atoms with E-state index in [-0.39, 0.29) is 24.8 Å². The lowest BCUT2D eigenvalue weighted by Gasteiger charge is -2.17. The zero-order chi connectivity index (χ0) is 18.9. The molecule has 0 heterocycles. The second-order valence-electron chi connectivity index (χ2n) is 6.86. The Balaban J connectivity index is 0.00000280. The maximum absolute atomic E-state index is 13.9. The van der Waals surface area contributed by atoms with Gasteiger partial charge in [-0.2, -0.15) is 0 Å². The lowest BCUT2D eigenvalue weighted by atomic mass is 9.97. The molecule has 1 aliphatic carbocycles. The van der Waals surface area contributed by atoms with Gasteiger partial charge in [0.25, 0.3) is 0 Å². The molecular weight excluding hydrogens is 377 g/mol. The largest absolute Gasteiger partial charge is 0.493 e. The number of hydrogen-bond acceptors (Lipinski definition) is 3. The Morgan fingerprint density at radius 2 is 1.86 bits per heavy atom. The van der Waals surface area contributed by atoms with Crippen molar-refractivity contribution in [1.29, 1.82) is 0 Å². The van der Waals surface area contributed by atoms with Crippen LogP contribution in [0.1, 0.15) is 43.2 Å². The second-order valence-corrected chi connectivity index (χ2v) is 6.86. The van der Waals surface area contributed by atoms with Crippen molar-refractivity contribution in [3.8, 4) is 11.5 Å². The standard InChI is InChI=1S/C23H28FNO2.ClH/c1-26-22-13-7-11-19(16-25-15-14-18-8-3-2-4-9-18)23(22)27-17-20-10-5-6-12-21(20)24;/h5-8,10-13,25H,2-4,9,14-17H2,1H3;1H. The number of rotatable bonds is 9. The van der Waals surface area contributed by atoms with Gasteiger partial charge in [0.1, 0.15) is 12.4 Å². The number of nitrogens with one attached hydrogen (secondary N) is 1. The van der Waals surface area contributed by atoms with Crippen LogP contribution in [0.25, 0.3) is 0 Å². The summed E-state index contributed by atoms with van der Waals surface area (Å²) in [4.78, 5) is 0. The minimum atomic E-state index is -0.257. The van der Waals surface area contributed by atoms with Crippen LogP contribution in [0, 0.1) is 5.82 Å². The quantitative estimate of drug-likeness (QED) is 0.421. The van der Waals surface area contributed by atoms with Gasteiger partial charge in [-0.3, -0.25) is 0 Å². The van der Waals surface area contributed by atoms with Gasteiger partial charge in [0.15, 0.2) is 11.5 Å². The van der Waals surface area contributed by atoms with Crippen molar-refractivity contribution in [1.82, 2.24) is 5.32 Å². The summed E-state index contributed by atoms with van der Waals surface area (Å²) in [5.41, 5.74) is 3.12. The molecule has 0 radical (unpaired) electrons. The molecular formula is C23H29ClFNO2. The summed E-state index contributed by atoms with van der Waals surface area (Å²) < 4.78 is 25.3. The monoisotopic (exact) mass is 405 g/mol. The molecule has 3 rings (SSSR count). The Bertz CT molecular complexity index is 779. The summed E-state index contributed by atoms with van der Waals surface area (Å²) in [5.74, 6) is 1.08. The van der Waals surface area contributed by atoms with Crippen LogP contribution >= 0.6 is 12.4 Å². The SMILES string of the molecule is COc1cccc(CNCCC2=CCCCC2)c1OCc1ccccc1F.Cl. The molecule has 2 aromatic rings. The number of methoxy groups -OCH3 is 1. The first kappa shape index (κ1) is 22.3. The smallest absolute Gasteiger partial charge is 0.166 e. The highest BCUT2D eigenvalue weighted by molar-refractivity contribution is 5.85. The van der Waals surface area contributed by atoms with Crippen LogP contribution in [-0.4, -0.2) is 13.7 Å². The van der Waals surface area contributed by atoms with E-state index in [2.05, 4.69) is 11.4 Å². The Labute approximate surface area is 173 Å². The molecule has 1 N–H and O–H groups in total. The molecule has 0 unspecified atom stereocenters. The van der Waals surface area contributed by atoms with E-state index in [4.69, 9.17) is 9.47 Å². The second kappa shape index (κ2) is 11.7. The third-order valence-corrected chi connectivity index (χ3v) is 4.93. The fourth-order valence-electron chi connectivity index (χ4n) is 3.39. The van der Waals surface area contributed by atoms with Crippen molar-refractivity contribution in [3.63, 3.8) is 0 Å². The Hall–Kier alpha value is -2.04. The van der Waals surface area contributed by atoms with Gasteiger partial charge in [-0.05, 0) is 50.8 Å². The van der Waals surface area contributed by atoms with Crippen LogP contribution in [0.2, 0.25) is 0 Å². The molecule has 0 atom stereocenters. The summed E-state index contributed by atoms with van der Waals surface area (Å²) >= 11 is 0. The molecule has 2 aromatic carbocycles. The third kappa shape index (κ3) is 6.25. The maximum atomic E-state index is 13.9. The zero-order valence-corrected chi connectivity index (χ0v) is 17.2. The first-order valence-electron chi connectivity index (χ1n) is 9.68. The molecule has 0 bridgehead atoms. The Morgan fingerprint density at radius 1 is 1.04 bits per heavy atom. The summed E-state index contributed by atoms with van der Waals surface area (Å²) in [6.07, 6.45) is 8.57. The highest BCUT2D eigenvalue weighted by Gasteiger charge is 2.12. The predicted molar refractivity (Wildman–Crippen MR) is 114 cm³/mol. The number of hydrogen-bond donors (Lipinski definition) is 1. The van der Waals surface area contributed by atoms with E-state index in [1.165, 1.54) is 31.7 Å². The van der Waals surface area contributed by atoms with Crippen molar-refractivity contribution in [3.05, 3.63) is 71.1 Å². The number of para-hydroxylation sites is 1. The van der Waals surface area contributed by atoms with Gasteiger partial charge >= 0.3 is 0 Å². The van der Waals surface area contributed by atoms with Gasteiger partial charge in [-0.25, -0.2) is 4.39 Å². The van der Waals surface area contributed by atoms with Crippen molar-refractivity contribution in [2.75, 3.05) is 13.7 Å². The third-order valence-electron chi connectivity index (χ3n) is 4.93. The van der Waals surface area contributed by atoms with Crippen LogP contribution in [0.5, 0.6) is 11.5 Å². The molecule has 0 aliphatic heterocycles. The molecule has 3 nitrogen and oxygen atoms in total. The van der Waals surface area contributed by atoms with Gasteiger partial charge in [-0.1, -0.05) is 42.0 Å². The van der Waals surface area contributed by atoms with E-state index < -0.39 is 0 Å². The maximum Gasteiger partial charge on any atom is 0.166 e. The summed E-state index contributed by atoms with van der Waals surface area (Å²) in [5, 5.41) is 3.50. The predicted octanol–water partition coefficient (Wildman–Crippen LogP) is 5.82. The molecule has 0 saturated carbocycles. The van der Waals surface area contributed by atoms with Crippen LogP contribution in [0.3, 0.4) is 0 Å². The van der Waals surface area contributed by atoms with Crippen LogP contribution < -0.4 is 14.8 Å². The molecule has 0 saturated heterocycles. The van der Waals surface area contributed by atoms with Gasteiger partial charge in [-0.15, -0.1) is 12.4 Å². The molecule has 0 aromatic heterocycles. The molecule has 152 valence electrons. The number of allylic oxidation sites excluding steroid dienone is 1. The normalized spacial score (nSPS) is 13.4. The molecule has 5 heteroatoms. The summed E-state index contributed by atoms with van der Waals surface area (Å²) in [7, 11) is 1.62. The minimum absolute atomic E-state index is 0. The van der Waals surface area contributed by atoms with Gasteiger partial charge < -0.3 is 14.8 Å². The van der Waals surface area contributed by atoms with E-state index in [0.717, 1.165) is 18.5 Å². The van der Waals surface area contributed by atoms with Crippen molar-refractivity contribution in [2.45, 2.75) is 45.3 Å². The lowest BCUT2D eigenvalue weighted by molar-refractivity contribution is 0.276. The average Bonchev–Trinajstić information content (AvgIpc) is 2.71. The topological polar surface area (TPSA) is 30.5 Å². The first-order chi connectivity index (χ1) is 13.3. The van der Waals surface area contributed by atoms with Crippen LogP contribution in [-0.2, 0) is 13.2 Å². The van der Waals surface area contributed by atoms with Crippen LogP contribution in [0.4, 0.5) is 4.39 Å². The van der Waals surface area contributed by atoms with E-state index in [0.29, 0.717) is 23.6 Å². The highest BCUT2D eigenvalue weighted by Crippen LogP contribution is 2.32. The van der Waals surface area contributed by atoms with E-state index in [1.807, 2.05) is 24.3 Å². The summed E-state index contributed by atoms with van der Waals surface area (Å²) in [6.45, 7) is 1.81. The number of halogens is 2. The summed E-state index contributed by atoms with van der Waals surface area (Å²) in [6, 6.07) is 12.5. The van der Waals surface area contributed by atoms with Crippen molar-refractivity contribution < 1.29 is 13.9 Å². The van der Waals surface area contributed by atoms with Crippen molar-refractivity contribution >= 4 is 12.4 Å². The van der Waals surface area contributed by atoms with E-state index in [9.17, 15) is 4.39 Å². The van der Waals surface area contributed by atoms with E-state index in [1.54, 1.807) is 24.8 Å². The lowest BCUT2D eigenvalue weighted by Crippen LogP contribution is -2.16. The number of ether oxygens (including phenoxy) is 2. The highest BCUT2D eigenvalue weighted by atomic mass is 35.5. The molecule has 1 aliphatic rings. The van der Waals surface area contributed by atoms with Gasteiger partial charge in [0.2, 0.25) is 0 Å². The number of benzene rings is 2. The Morgan fingerprint density at radius 3 is 2.61 bits per heavy atom. The molecule has 0 amide bonds. The molecule has 0 fully saturated rings. The fraction of sp³-hybridized carbons (Fsp3) is 0.391. The first-order valence-corrected chi connectivity index (χ1v) is 9.68. The van der Waals surface area contributed by atoms with Crippen molar-refractivity contribution in [2.24, 2.45) is 0 Å². The zero-order valence-electron chi connectivity index (χ0n) is 16.4. The van der Waals surface area contributed by atoms with Crippen LogP contribution in [0.15, 0.2) is 54.1 Å². The molecule has 28 heavy (non-hydrogen) atoms. The fourth-order valence-corrected chi connectivity index (χ4v) is 3.39. The van der Waals surface area contributed by atoms with E-state index >= 15 is 0 Å². The molecule has 0 spiro atoms. The Kier molecular flexibility index (Phi) is 9.32. The average molecular weight is 406 g/mol. The van der Waals surface area contributed by atoms with Gasteiger partial charge in [0, 0.05) is 17.7 Å². The van der Waals surface area contributed by atoms with Gasteiger partial charge in [0.05, 0.1) is 7.11 Å².